The number of ether oxygens (including phenoxy) is 1. The standard InChI is InChI=1S/C11H15BrN2O2S/c1-16-4-5-17-7-11(15)14-10-3-2-8(13)6-9(10)12/h2-3,6H,4-5,7,13H2,1H3,(H,14,15). The van der Waals surface area contributed by atoms with Gasteiger partial charge in [0.25, 0.3) is 0 Å². The van der Waals surface area contributed by atoms with Crippen LogP contribution in [0.3, 0.4) is 0 Å². The first-order chi connectivity index (χ1) is 8.13. The number of nitrogens with two attached hydrogens (primary N) is 1. The number of amides is 1. The van der Waals surface area contributed by atoms with Crippen molar-refractivity contribution in [3.8, 4) is 0 Å². The minimum atomic E-state index is -0.0309. The number of methoxy groups -OCH3 is 1. The van der Waals surface area contributed by atoms with Crippen LogP contribution >= 0.6 is 27.7 Å². The van der Waals surface area contributed by atoms with Crippen molar-refractivity contribution in [1.29, 1.82) is 0 Å². The molecule has 1 aromatic carbocycles. The third-order valence-electron chi connectivity index (χ3n) is 1.93. The smallest absolute Gasteiger partial charge is 0.234 e. The summed E-state index contributed by atoms with van der Waals surface area (Å²) in [7, 11) is 1.64. The molecule has 94 valence electrons. The van der Waals surface area contributed by atoms with Gasteiger partial charge in [-0.15, -0.1) is 11.8 Å². The highest BCUT2D eigenvalue weighted by molar-refractivity contribution is 9.10. The van der Waals surface area contributed by atoms with Crippen molar-refractivity contribution in [3.05, 3.63) is 22.7 Å². The first-order valence-electron chi connectivity index (χ1n) is 5.05. The molecule has 0 heterocycles. The zero-order valence-electron chi connectivity index (χ0n) is 9.53. The van der Waals surface area contributed by atoms with E-state index in [9.17, 15) is 4.79 Å². The fourth-order valence-electron chi connectivity index (χ4n) is 1.13. The summed E-state index contributed by atoms with van der Waals surface area (Å²) in [5, 5.41) is 2.81. The van der Waals surface area contributed by atoms with Gasteiger partial charge in [0, 0.05) is 23.0 Å². The number of hydrogen-bond acceptors (Lipinski definition) is 4. The normalized spacial score (nSPS) is 10.2. The lowest BCUT2D eigenvalue weighted by molar-refractivity contribution is -0.113. The van der Waals surface area contributed by atoms with Gasteiger partial charge in [-0.1, -0.05) is 0 Å². The molecular formula is C11H15BrN2O2S. The van der Waals surface area contributed by atoms with E-state index >= 15 is 0 Å². The summed E-state index contributed by atoms with van der Waals surface area (Å²) in [6.07, 6.45) is 0. The van der Waals surface area contributed by atoms with Crippen LogP contribution in [-0.2, 0) is 9.53 Å². The predicted molar refractivity (Wildman–Crippen MR) is 76.4 cm³/mol. The van der Waals surface area contributed by atoms with E-state index in [-0.39, 0.29) is 5.91 Å². The molecule has 0 radical (unpaired) electrons. The summed E-state index contributed by atoms with van der Waals surface area (Å²) in [5.74, 6) is 1.20. The Bertz CT molecular complexity index is 388. The number of rotatable bonds is 6. The maximum absolute atomic E-state index is 11.6. The van der Waals surface area contributed by atoms with Crippen LogP contribution in [0.2, 0.25) is 0 Å². The molecule has 0 aliphatic heterocycles. The lowest BCUT2D eigenvalue weighted by atomic mass is 10.3. The molecule has 6 heteroatoms. The zero-order valence-corrected chi connectivity index (χ0v) is 11.9. The topological polar surface area (TPSA) is 64.3 Å². The number of hydrogen-bond donors (Lipinski definition) is 2. The molecule has 0 bridgehead atoms. The Morgan fingerprint density at radius 2 is 2.35 bits per heavy atom. The number of carbonyl (C=O) groups is 1. The molecule has 0 atom stereocenters. The lowest BCUT2D eigenvalue weighted by Gasteiger charge is -2.07. The summed E-state index contributed by atoms with van der Waals surface area (Å²) in [6, 6.07) is 5.28. The van der Waals surface area contributed by atoms with Crippen molar-refractivity contribution in [2.45, 2.75) is 0 Å². The van der Waals surface area contributed by atoms with Crippen molar-refractivity contribution in [3.63, 3.8) is 0 Å². The number of benzene rings is 1. The minimum Gasteiger partial charge on any atom is -0.399 e. The SMILES string of the molecule is COCCSCC(=O)Nc1ccc(N)cc1Br. The molecule has 0 aromatic heterocycles. The van der Waals surface area contributed by atoms with E-state index in [2.05, 4.69) is 21.2 Å². The summed E-state index contributed by atoms with van der Waals surface area (Å²) >= 11 is 4.88. The highest BCUT2D eigenvalue weighted by Gasteiger charge is 2.05. The molecule has 0 unspecified atom stereocenters. The molecule has 0 aliphatic carbocycles. The number of anilines is 2. The average Bonchev–Trinajstić information content (AvgIpc) is 2.28. The van der Waals surface area contributed by atoms with Crippen LogP contribution in [0.25, 0.3) is 0 Å². The van der Waals surface area contributed by atoms with E-state index in [1.807, 2.05) is 0 Å². The third kappa shape index (κ3) is 5.43. The van der Waals surface area contributed by atoms with Gasteiger partial charge in [-0.05, 0) is 34.1 Å². The fourth-order valence-corrected chi connectivity index (χ4v) is 2.31. The van der Waals surface area contributed by atoms with Gasteiger partial charge in [0.15, 0.2) is 0 Å². The van der Waals surface area contributed by atoms with E-state index in [0.29, 0.717) is 18.0 Å². The number of nitrogen functional groups attached to an aromatic ring is 1. The van der Waals surface area contributed by atoms with Crippen LogP contribution in [0.1, 0.15) is 0 Å². The van der Waals surface area contributed by atoms with E-state index in [1.165, 1.54) is 11.8 Å². The van der Waals surface area contributed by atoms with Gasteiger partial charge < -0.3 is 15.8 Å². The maximum Gasteiger partial charge on any atom is 0.234 e. The highest BCUT2D eigenvalue weighted by atomic mass is 79.9. The monoisotopic (exact) mass is 318 g/mol. The summed E-state index contributed by atoms with van der Waals surface area (Å²) in [6.45, 7) is 0.656. The third-order valence-corrected chi connectivity index (χ3v) is 3.51. The second-order valence-electron chi connectivity index (χ2n) is 3.33. The summed E-state index contributed by atoms with van der Waals surface area (Å²) < 4.78 is 5.69. The van der Waals surface area contributed by atoms with Crippen LogP contribution < -0.4 is 11.1 Å². The molecule has 0 fully saturated rings. The second kappa shape index (κ2) is 7.58. The number of carbonyl (C=O) groups excluding carboxylic acids is 1. The quantitative estimate of drug-likeness (QED) is 0.624. The van der Waals surface area contributed by atoms with Crippen molar-refractivity contribution < 1.29 is 9.53 Å². The lowest BCUT2D eigenvalue weighted by Crippen LogP contribution is -2.15. The van der Waals surface area contributed by atoms with E-state index in [1.54, 1.807) is 25.3 Å². The molecule has 17 heavy (non-hydrogen) atoms. The molecule has 1 amide bonds. The van der Waals surface area contributed by atoms with E-state index < -0.39 is 0 Å². The van der Waals surface area contributed by atoms with Crippen LogP contribution in [-0.4, -0.2) is 31.1 Å². The van der Waals surface area contributed by atoms with Gasteiger partial charge in [0.05, 0.1) is 18.0 Å². The first-order valence-corrected chi connectivity index (χ1v) is 7.00. The van der Waals surface area contributed by atoms with Crippen LogP contribution in [0.5, 0.6) is 0 Å². The Balaban J connectivity index is 2.40. The molecular weight excluding hydrogens is 304 g/mol. The van der Waals surface area contributed by atoms with Crippen LogP contribution in [0.4, 0.5) is 11.4 Å². The molecule has 1 rings (SSSR count). The van der Waals surface area contributed by atoms with Crippen molar-refractivity contribution in [2.24, 2.45) is 0 Å². The molecule has 0 aliphatic rings. The number of thioether (sulfide) groups is 1. The van der Waals surface area contributed by atoms with Gasteiger partial charge in [0.2, 0.25) is 5.91 Å². The summed E-state index contributed by atoms with van der Waals surface area (Å²) in [4.78, 5) is 11.6. The number of nitrogens with one attached hydrogen (secondary N) is 1. The fraction of sp³-hybridized carbons (Fsp3) is 0.364. The largest absolute Gasteiger partial charge is 0.399 e. The predicted octanol–water partition coefficient (Wildman–Crippen LogP) is 2.35. The Morgan fingerprint density at radius 1 is 1.59 bits per heavy atom. The average molecular weight is 319 g/mol. The van der Waals surface area contributed by atoms with Crippen molar-refractivity contribution >= 4 is 45.0 Å². The Morgan fingerprint density at radius 3 is 3.00 bits per heavy atom. The van der Waals surface area contributed by atoms with Crippen molar-refractivity contribution in [2.75, 3.05) is 36.3 Å². The first kappa shape index (κ1) is 14.3. The molecule has 4 nitrogen and oxygen atoms in total. The van der Waals surface area contributed by atoms with Gasteiger partial charge >= 0.3 is 0 Å². The Hall–Kier alpha value is -0.720. The van der Waals surface area contributed by atoms with E-state index in [4.69, 9.17) is 10.5 Å². The van der Waals surface area contributed by atoms with E-state index in [0.717, 1.165) is 15.9 Å². The second-order valence-corrected chi connectivity index (χ2v) is 5.29. The van der Waals surface area contributed by atoms with Gasteiger partial charge in [-0.3, -0.25) is 4.79 Å². The zero-order chi connectivity index (χ0) is 12.7. The van der Waals surface area contributed by atoms with Gasteiger partial charge in [-0.25, -0.2) is 0 Å². The molecule has 1 aromatic rings. The molecule has 0 saturated heterocycles. The van der Waals surface area contributed by atoms with Gasteiger partial charge in [-0.2, -0.15) is 0 Å². The summed E-state index contributed by atoms with van der Waals surface area (Å²) in [5.41, 5.74) is 7.00. The molecule has 3 N–H and O–H groups in total. The number of halogens is 1. The Labute approximate surface area is 113 Å². The van der Waals surface area contributed by atoms with Crippen LogP contribution in [0.15, 0.2) is 22.7 Å². The van der Waals surface area contributed by atoms with Crippen molar-refractivity contribution in [1.82, 2.24) is 0 Å². The van der Waals surface area contributed by atoms with Gasteiger partial charge in [0.1, 0.15) is 0 Å². The maximum atomic E-state index is 11.6. The molecule has 0 spiro atoms. The Kier molecular flexibility index (Phi) is 6.39. The van der Waals surface area contributed by atoms with Crippen LogP contribution in [0, 0.1) is 0 Å². The molecule has 0 saturated carbocycles. The highest BCUT2D eigenvalue weighted by Crippen LogP contribution is 2.24. The minimum absolute atomic E-state index is 0.0309.